The zero-order valence-corrected chi connectivity index (χ0v) is 23.4. The molecule has 2 aromatic rings. The average Bonchev–Trinajstić information content (AvgIpc) is 2.91. The van der Waals surface area contributed by atoms with E-state index >= 15 is 0 Å². The minimum absolute atomic E-state index is 0.0590. The molecule has 0 spiro atoms. The zero-order chi connectivity index (χ0) is 29.1. The van der Waals surface area contributed by atoms with Crippen molar-refractivity contribution < 1.29 is 27.6 Å². The highest BCUT2D eigenvalue weighted by Gasteiger charge is 2.39. The minimum Gasteiger partial charge on any atom is -0.490 e. The van der Waals surface area contributed by atoms with Crippen LogP contribution >= 0.6 is 0 Å². The normalized spacial score (nSPS) is 18.1. The lowest BCUT2D eigenvalue weighted by molar-refractivity contribution is -0.388. The maximum Gasteiger partial charge on any atom is 0.423 e. The Bertz CT molecular complexity index is 1180. The zero-order valence-electron chi connectivity index (χ0n) is 23.4. The van der Waals surface area contributed by atoms with Gasteiger partial charge >= 0.3 is 6.18 Å². The van der Waals surface area contributed by atoms with Crippen LogP contribution in [0.15, 0.2) is 42.5 Å². The van der Waals surface area contributed by atoms with Crippen molar-refractivity contribution in [3.8, 4) is 5.75 Å². The lowest BCUT2D eigenvalue weighted by Gasteiger charge is -2.34. The molecule has 0 aromatic heterocycles. The predicted octanol–water partition coefficient (Wildman–Crippen LogP) is 6.55. The van der Waals surface area contributed by atoms with E-state index in [1.54, 1.807) is 4.90 Å². The lowest BCUT2D eigenvalue weighted by Crippen LogP contribution is -2.43. The van der Waals surface area contributed by atoms with Crippen LogP contribution in [0.3, 0.4) is 0 Å². The number of carbonyl (C=O) groups is 1. The predicted molar refractivity (Wildman–Crippen MR) is 147 cm³/mol. The van der Waals surface area contributed by atoms with Crippen LogP contribution in [0.4, 0.5) is 18.9 Å². The summed E-state index contributed by atoms with van der Waals surface area (Å²) in [7, 11) is 0. The molecule has 2 saturated heterocycles. The summed E-state index contributed by atoms with van der Waals surface area (Å²) < 4.78 is 45.5. The molecule has 0 saturated carbocycles. The van der Waals surface area contributed by atoms with Crippen molar-refractivity contribution in [2.45, 2.75) is 76.5 Å². The highest BCUT2D eigenvalue weighted by Crippen LogP contribution is 2.38. The monoisotopic (exact) mass is 561 g/mol. The second-order valence-corrected chi connectivity index (χ2v) is 11.9. The third-order valence-corrected chi connectivity index (χ3v) is 8.05. The van der Waals surface area contributed by atoms with Crippen molar-refractivity contribution in [2.24, 2.45) is 0 Å². The Hall–Kier alpha value is -3.14. The van der Waals surface area contributed by atoms with Crippen LogP contribution in [-0.2, 0) is 16.4 Å². The van der Waals surface area contributed by atoms with Crippen molar-refractivity contribution in [1.29, 1.82) is 0 Å². The summed E-state index contributed by atoms with van der Waals surface area (Å²) in [5.41, 5.74) is 0.538. The molecule has 2 aromatic carbocycles. The second kappa shape index (κ2) is 12.2. The number of hydrogen-bond acceptors (Lipinski definition) is 5. The molecule has 0 unspecified atom stereocenters. The van der Waals surface area contributed by atoms with E-state index in [2.05, 4.69) is 49.9 Å². The number of ether oxygens (including phenoxy) is 1. The Kier molecular flexibility index (Phi) is 9.07. The quantitative estimate of drug-likeness (QED) is 0.283. The summed E-state index contributed by atoms with van der Waals surface area (Å²) in [6.45, 7) is 10.2. The summed E-state index contributed by atoms with van der Waals surface area (Å²) in [5, 5.41) is 11.0. The van der Waals surface area contributed by atoms with E-state index in [4.69, 9.17) is 4.74 Å². The first-order valence-corrected chi connectivity index (χ1v) is 13.9. The highest BCUT2D eigenvalue weighted by atomic mass is 19.4. The lowest BCUT2D eigenvalue weighted by atomic mass is 9.84. The van der Waals surface area contributed by atoms with Gasteiger partial charge in [0.05, 0.1) is 4.92 Å². The molecule has 2 aliphatic heterocycles. The van der Waals surface area contributed by atoms with Crippen LogP contribution in [0.1, 0.15) is 75.5 Å². The fourth-order valence-corrected chi connectivity index (χ4v) is 5.55. The molecule has 0 aliphatic carbocycles. The van der Waals surface area contributed by atoms with Crippen LogP contribution in [0.5, 0.6) is 5.75 Å². The topological polar surface area (TPSA) is 75.9 Å². The standard InChI is InChI=1S/C30H38F3N3O4/c1-29(2,3)23-6-4-21(5-7-23)22-10-15-34(16-11-22)17-14-28(37)35-18-12-24(13-19-35)40-25-8-9-27(36(38)39)26(20-25)30(31,32)33/h4-9,20,22,24H,10-19H2,1-3H3. The molecular weight excluding hydrogens is 523 g/mol. The van der Waals surface area contributed by atoms with Crippen LogP contribution < -0.4 is 4.74 Å². The number of nitro groups is 1. The van der Waals surface area contributed by atoms with Crippen molar-refractivity contribution in [1.82, 2.24) is 9.80 Å². The summed E-state index contributed by atoms with van der Waals surface area (Å²) >= 11 is 0. The SMILES string of the molecule is CC(C)(C)c1ccc(C2CCN(CCC(=O)N3CCC(Oc4ccc([N+](=O)[O-])c(C(F)(F)F)c4)CC3)CC2)cc1. The summed E-state index contributed by atoms with van der Waals surface area (Å²) in [6.07, 6.45) is -1.65. The van der Waals surface area contributed by atoms with E-state index in [1.807, 2.05) is 0 Å². The Morgan fingerprint density at radius 2 is 1.60 bits per heavy atom. The number of alkyl halides is 3. The molecule has 2 fully saturated rings. The second-order valence-electron chi connectivity index (χ2n) is 11.9. The molecular formula is C30H38F3N3O4. The molecule has 7 nitrogen and oxygen atoms in total. The molecule has 0 atom stereocenters. The van der Waals surface area contributed by atoms with Gasteiger partial charge in [0.15, 0.2) is 0 Å². The van der Waals surface area contributed by atoms with Crippen LogP contribution in [0.2, 0.25) is 0 Å². The molecule has 2 aliphatic rings. The Labute approximate surface area is 233 Å². The first kappa shape index (κ1) is 29.8. The Balaban J connectivity index is 1.19. The van der Waals surface area contributed by atoms with Crippen molar-refractivity contribution in [3.05, 3.63) is 69.3 Å². The number of hydrogen-bond donors (Lipinski definition) is 0. The number of piperidine rings is 2. The fraction of sp³-hybridized carbons (Fsp3) is 0.567. The maximum atomic E-state index is 13.3. The van der Waals surface area contributed by atoms with Crippen molar-refractivity contribution in [2.75, 3.05) is 32.7 Å². The summed E-state index contributed by atoms with van der Waals surface area (Å²) in [4.78, 5) is 26.9. The van der Waals surface area contributed by atoms with Gasteiger partial charge in [-0.05, 0) is 60.5 Å². The smallest absolute Gasteiger partial charge is 0.423 e. The van der Waals surface area contributed by atoms with E-state index in [1.165, 1.54) is 17.2 Å². The molecule has 218 valence electrons. The molecule has 0 bridgehead atoms. The number of nitro benzene ring substituents is 1. The summed E-state index contributed by atoms with van der Waals surface area (Å²) in [5.74, 6) is 0.562. The summed E-state index contributed by atoms with van der Waals surface area (Å²) in [6, 6.07) is 11.7. The van der Waals surface area contributed by atoms with Crippen molar-refractivity contribution >= 4 is 11.6 Å². The van der Waals surface area contributed by atoms with E-state index in [9.17, 15) is 28.1 Å². The molecule has 40 heavy (non-hydrogen) atoms. The number of carbonyl (C=O) groups excluding carboxylic acids is 1. The van der Waals surface area contributed by atoms with Crippen LogP contribution in [0.25, 0.3) is 0 Å². The third-order valence-electron chi connectivity index (χ3n) is 8.05. The van der Waals surface area contributed by atoms with Gasteiger partial charge in [-0.3, -0.25) is 14.9 Å². The van der Waals surface area contributed by atoms with Crippen LogP contribution in [-0.4, -0.2) is 59.5 Å². The van der Waals surface area contributed by atoms with E-state index in [0.717, 1.165) is 32.0 Å². The molecule has 4 rings (SSSR count). The molecule has 2 heterocycles. The Morgan fingerprint density at radius 1 is 0.975 bits per heavy atom. The first-order chi connectivity index (χ1) is 18.8. The largest absolute Gasteiger partial charge is 0.490 e. The van der Waals surface area contributed by atoms with E-state index < -0.39 is 22.4 Å². The Morgan fingerprint density at radius 3 is 2.15 bits per heavy atom. The fourth-order valence-electron chi connectivity index (χ4n) is 5.55. The highest BCUT2D eigenvalue weighted by molar-refractivity contribution is 5.76. The maximum absolute atomic E-state index is 13.3. The number of rotatable bonds is 7. The van der Waals surface area contributed by atoms with Gasteiger partial charge in [-0.2, -0.15) is 13.2 Å². The first-order valence-electron chi connectivity index (χ1n) is 13.9. The molecule has 0 N–H and O–H groups in total. The van der Waals surface area contributed by atoms with Crippen molar-refractivity contribution in [3.63, 3.8) is 0 Å². The number of nitrogens with zero attached hydrogens (tertiary/aromatic N) is 3. The van der Waals surface area contributed by atoms with Crippen LogP contribution in [0, 0.1) is 10.1 Å². The van der Waals surface area contributed by atoms with Gasteiger partial charge in [-0.15, -0.1) is 0 Å². The van der Waals surface area contributed by atoms with Gasteiger partial charge in [-0.1, -0.05) is 45.0 Å². The number of benzene rings is 2. The number of likely N-dealkylation sites (tertiary alicyclic amines) is 2. The number of halogens is 3. The van der Waals surface area contributed by atoms with Gasteiger partial charge < -0.3 is 14.5 Å². The molecule has 10 heteroatoms. The molecule has 1 amide bonds. The number of amides is 1. The van der Waals surface area contributed by atoms with Gasteiger partial charge in [0.1, 0.15) is 17.4 Å². The van der Waals surface area contributed by atoms with Gasteiger partial charge in [0.25, 0.3) is 5.69 Å². The third kappa shape index (κ3) is 7.53. The average molecular weight is 562 g/mol. The van der Waals surface area contributed by atoms with Gasteiger partial charge in [0.2, 0.25) is 5.91 Å². The van der Waals surface area contributed by atoms with E-state index in [-0.39, 0.29) is 23.2 Å². The minimum atomic E-state index is -4.86. The van der Waals surface area contributed by atoms with Gasteiger partial charge in [0, 0.05) is 45.0 Å². The van der Waals surface area contributed by atoms with E-state index in [0.29, 0.717) is 50.9 Å². The van der Waals surface area contributed by atoms with Gasteiger partial charge in [-0.25, -0.2) is 0 Å². The molecule has 0 radical (unpaired) electrons.